The number of nitriles is 1. The van der Waals surface area contributed by atoms with E-state index in [1.807, 2.05) is 25.1 Å². The van der Waals surface area contributed by atoms with Gasteiger partial charge in [-0.05, 0) is 48.2 Å². The molecule has 0 aliphatic rings. The number of para-hydroxylation sites is 1. The van der Waals surface area contributed by atoms with E-state index in [-0.39, 0.29) is 0 Å². The summed E-state index contributed by atoms with van der Waals surface area (Å²) in [6.07, 6.45) is 5.03. The van der Waals surface area contributed by atoms with E-state index in [1.54, 1.807) is 48.9 Å². The first-order chi connectivity index (χ1) is 14.5. The summed E-state index contributed by atoms with van der Waals surface area (Å²) in [4.78, 5) is 25.2. The predicted molar refractivity (Wildman–Crippen MR) is 116 cm³/mol. The van der Waals surface area contributed by atoms with Gasteiger partial charge >= 0.3 is 6.03 Å². The Labute approximate surface area is 172 Å². The average molecular weight is 395 g/mol. The zero-order chi connectivity index (χ0) is 21.1. The Kier molecular flexibility index (Phi) is 4.93. The molecule has 2 amide bonds. The van der Waals surface area contributed by atoms with Gasteiger partial charge in [-0.25, -0.2) is 14.8 Å². The van der Waals surface area contributed by atoms with E-state index in [1.165, 1.54) is 0 Å². The molecule has 4 rings (SSSR count). The second kappa shape index (κ2) is 7.85. The van der Waals surface area contributed by atoms with Crippen LogP contribution in [0, 0.1) is 18.3 Å². The number of carbonyl (C=O) groups excluding carboxylic acids is 1. The molecule has 0 atom stereocenters. The fourth-order valence-electron chi connectivity index (χ4n) is 3.07. The minimum atomic E-state index is -0.505. The van der Waals surface area contributed by atoms with Gasteiger partial charge in [-0.1, -0.05) is 12.1 Å². The number of nitrogens with zero attached hydrogens (tertiary/aromatic N) is 4. The number of hydrogen-bond donors (Lipinski definition) is 3. The number of hydrogen-bond acceptors (Lipinski definition) is 6. The molecule has 8 nitrogen and oxygen atoms in total. The third-order valence-corrected chi connectivity index (χ3v) is 4.60. The van der Waals surface area contributed by atoms with Gasteiger partial charge in [0.2, 0.25) is 0 Å². The lowest BCUT2D eigenvalue weighted by molar-refractivity contribution is 0.262. The number of pyridine rings is 3. The number of carbonyl (C=O) groups is 1. The molecule has 0 fully saturated rings. The molecule has 0 saturated heterocycles. The molecular weight excluding hydrogens is 378 g/mol. The number of aryl methyl sites for hydroxylation is 1. The minimum Gasteiger partial charge on any atom is -0.383 e. The maximum atomic E-state index is 12.4. The maximum absolute atomic E-state index is 12.4. The normalized spacial score (nSPS) is 10.4. The van der Waals surface area contributed by atoms with Crippen molar-refractivity contribution in [2.24, 2.45) is 0 Å². The van der Waals surface area contributed by atoms with Crippen LogP contribution in [-0.2, 0) is 0 Å². The molecule has 0 saturated carbocycles. The Balaban J connectivity index is 1.63. The maximum Gasteiger partial charge on any atom is 0.324 e. The van der Waals surface area contributed by atoms with E-state index in [4.69, 9.17) is 11.0 Å². The Morgan fingerprint density at radius 1 is 1.13 bits per heavy atom. The molecule has 3 aromatic heterocycles. The zero-order valence-electron chi connectivity index (χ0n) is 16.0. The molecule has 8 heteroatoms. The molecule has 0 aliphatic carbocycles. The van der Waals surface area contributed by atoms with Gasteiger partial charge in [0.05, 0.1) is 16.9 Å². The highest BCUT2D eigenvalue weighted by Crippen LogP contribution is 2.28. The molecule has 1 aromatic carbocycles. The highest BCUT2D eigenvalue weighted by molar-refractivity contribution is 6.02. The number of amides is 2. The van der Waals surface area contributed by atoms with E-state index in [0.717, 1.165) is 16.5 Å². The van der Waals surface area contributed by atoms with E-state index in [2.05, 4.69) is 25.6 Å². The first-order valence-electron chi connectivity index (χ1n) is 9.09. The second-order valence-corrected chi connectivity index (χ2v) is 6.61. The summed E-state index contributed by atoms with van der Waals surface area (Å²) in [5, 5.41) is 15.9. The van der Waals surface area contributed by atoms with Crippen LogP contribution in [0.4, 0.5) is 22.1 Å². The molecule has 0 radical (unpaired) electrons. The van der Waals surface area contributed by atoms with Crippen molar-refractivity contribution in [1.29, 1.82) is 5.26 Å². The fraction of sp³-hybridized carbons (Fsp3) is 0.0455. The van der Waals surface area contributed by atoms with Crippen LogP contribution in [0.15, 0.2) is 61.1 Å². The minimum absolute atomic E-state index is 0.342. The van der Waals surface area contributed by atoms with Gasteiger partial charge in [-0.15, -0.1) is 0 Å². The fourth-order valence-corrected chi connectivity index (χ4v) is 3.07. The van der Waals surface area contributed by atoms with Crippen molar-refractivity contribution in [2.75, 3.05) is 16.4 Å². The van der Waals surface area contributed by atoms with Crippen LogP contribution in [-0.4, -0.2) is 21.0 Å². The number of fused-ring (bicyclic) bond motifs is 1. The first-order valence-corrected chi connectivity index (χ1v) is 9.09. The van der Waals surface area contributed by atoms with Gasteiger partial charge in [-0.3, -0.25) is 10.3 Å². The van der Waals surface area contributed by atoms with Gasteiger partial charge < -0.3 is 11.1 Å². The van der Waals surface area contributed by atoms with Gasteiger partial charge in [0.25, 0.3) is 0 Å². The van der Waals surface area contributed by atoms with E-state index in [0.29, 0.717) is 34.0 Å². The third-order valence-electron chi connectivity index (χ3n) is 4.60. The number of nitrogen functional groups attached to an aromatic ring is 1. The smallest absolute Gasteiger partial charge is 0.324 e. The molecule has 0 spiro atoms. The van der Waals surface area contributed by atoms with Crippen LogP contribution < -0.4 is 16.4 Å². The summed E-state index contributed by atoms with van der Waals surface area (Å²) in [5.74, 6) is 0.686. The Morgan fingerprint density at radius 2 is 1.97 bits per heavy atom. The van der Waals surface area contributed by atoms with Crippen LogP contribution in [0.3, 0.4) is 0 Å². The molecule has 0 bridgehead atoms. The van der Waals surface area contributed by atoms with Crippen LogP contribution in [0.1, 0.15) is 11.1 Å². The Morgan fingerprint density at radius 3 is 2.77 bits per heavy atom. The van der Waals surface area contributed by atoms with E-state index >= 15 is 0 Å². The lowest BCUT2D eigenvalue weighted by Crippen LogP contribution is -2.20. The number of nitrogens with one attached hydrogen (secondary N) is 2. The van der Waals surface area contributed by atoms with E-state index < -0.39 is 6.03 Å². The summed E-state index contributed by atoms with van der Waals surface area (Å²) >= 11 is 0. The van der Waals surface area contributed by atoms with Crippen molar-refractivity contribution in [2.45, 2.75) is 6.92 Å². The SMILES string of the molecule is Cc1ccncc1-c1cc2cc(NC(=O)Nc3ccccc3C#N)ncc2c(N)n1. The second-order valence-electron chi connectivity index (χ2n) is 6.61. The Hall–Kier alpha value is -4.51. The van der Waals surface area contributed by atoms with Crippen molar-refractivity contribution in [3.8, 4) is 17.3 Å². The van der Waals surface area contributed by atoms with Crippen molar-refractivity contribution in [3.05, 3.63) is 72.2 Å². The Bertz CT molecular complexity index is 1310. The van der Waals surface area contributed by atoms with Crippen LogP contribution >= 0.6 is 0 Å². The quantitative estimate of drug-likeness (QED) is 0.479. The topological polar surface area (TPSA) is 130 Å². The van der Waals surface area contributed by atoms with Crippen LogP contribution in [0.25, 0.3) is 22.0 Å². The lowest BCUT2D eigenvalue weighted by atomic mass is 10.1. The standard InChI is InChI=1S/C22H17N7O/c1-13-6-7-25-11-16(13)19-8-15-9-20(26-12-17(15)21(24)27-19)29-22(30)28-18-5-3-2-4-14(18)10-23/h2-9,11-12H,1H3,(H2,24,27)(H2,26,28,29,30). The molecule has 4 N–H and O–H groups in total. The third kappa shape index (κ3) is 3.72. The van der Waals surface area contributed by atoms with Gasteiger partial charge in [0.15, 0.2) is 0 Å². The molecule has 146 valence electrons. The number of rotatable bonds is 3. The molecule has 4 aromatic rings. The molecule has 0 aliphatic heterocycles. The average Bonchev–Trinajstić information content (AvgIpc) is 2.74. The highest BCUT2D eigenvalue weighted by atomic mass is 16.2. The molecule has 0 unspecified atom stereocenters. The number of urea groups is 1. The summed E-state index contributed by atoms with van der Waals surface area (Å²) in [5.41, 5.74) is 9.51. The van der Waals surface area contributed by atoms with Crippen molar-refractivity contribution in [3.63, 3.8) is 0 Å². The van der Waals surface area contributed by atoms with Crippen molar-refractivity contribution < 1.29 is 4.79 Å². The molecule has 3 heterocycles. The summed E-state index contributed by atoms with van der Waals surface area (Å²) in [6, 6.07) is 13.8. The number of aromatic nitrogens is 3. The monoisotopic (exact) mass is 395 g/mol. The van der Waals surface area contributed by atoms with Crippen molar-refractivity contribution >= 4 is 34.1 Å². The van der Waals surface area contributed by atoms with Crippen molar-refractivity contribution in [1.82, 2.24) is 15.0 Å². The van der Waals surface area contributed by atoms with Crippen LogP contribution in [0.5, 0.6) is 0 Å². The lowest BCUT2D eigenvalue weighted by Gasteiger charge is -2.11. The highest BCUT2D eigenvalue weighted by Gasteiger charge is 2.11. The van der Waals surface area contributed by atoms with Gasteiger partial charge in [0, 0.05) is 29.5 Å². The molecule has 30 heavy (non-hydrogen) atoms. The summed E-state index contributed by atoms with van der Waals surface area (Å²) in [7, 11) is 0. The van der Waals surface area contributed by atoms with E-state index in [9.17, 15) is 4.79 Å². The zero-order valence-corrected chi connectivity index (χ0v) is 16.0. The number of nitrogens with two attached hydrogens (primary N) is 1. The predicted octanol–water partition coefficient (Wildman–Crippen LogP) is 4.10. The van der Waals surface area contributed by atoms with Gasteiger partial charge in [-0.2, -0.15) is 5.26 Å². The molecular formula is C22H17N7O. The first kappa shape index (κ1) is 18.8. The number of benzene rings is 1. The summed E-state index contributed by atoms with van der Waals surface area (Å²) in [6.45, 7) is 1.97. The number of anilines is 3. The largest absolute Gasteiger partial charge is 0.383 e. The van der Waals surface area contributed by atoms with Crippen LogP contribution in [0.2, 0.25) is 0 Å². The van der Waals surface area contributed by atoms with Gasteiger partial charge in [0.1, 0.15) is 17.7 Å². The summed E-state index contributed by atoms with van der Waals surface area (Å²) < 4.78 is 0.